The highest BCUT2D eigenvalue weighted by Gasteiger charge is 2.20. The summed E-state index contributed by atoms with van der Waals surface area (Å²) in [6.45, 7) is 5.10. The number of hydrogen-bond acceptors (Lipinski definition) is 2. The molecule has 1 aliphatic rings. The van der Waals surface area contributed by atoms with Crippen LogP contribution in [0.15, 0.2) is 36.4 Å². The lowest BCUT2D eigenvalue weighted by atomic mass is 10.2. The molecule has 2 heteroatoms. The molecule has 1 saturated heterocycles. The van der Waals surface area contributed by atoms with E-state index in [1.165, 1.54) is 5.56 Å². The lowest BCUT2D eigenvalue weighted by Crippen LogP contribution is -2.27. The van der Waals surface area contributed by atoms with Crippen molar-refractivity contribution in [2.24, 2.45) is 0 Å². The van der Waals surface area contributed by atoms with E-state index in [-0.39, 0.29) is 6.23 Å². The number of hydrogen-bond donors (Lipinski definition) is 0. The van der Waals surface area contributed by atoms with E-state index in [2.05, 4.69) is 36.1 Å². The van der Waals surface area contributed by atoms with Crippen LogP contribution in [0, 0.1) is 0 Å². The number of rotatable bonds is 3. The van der Waals surface area contributed by atoms with Gasteiger partial charge in [-0.05, 0) is 18.2 Å². The van der Waals surface area contributed by atoms with E-state index in [0.717, 1.165) is 19.7 Å². The summed E-state index contributed by atoms with van der Waals surface area (Å²) >= 11 is 0. The standard InChI is InChI=1S/C13H17NO/c1-2-14-10-11-15-13(14)9-8-12-6-4-3-5-7-12/h3-9,13H,2,10-11H2,1H3/b9-8+. The third-order valence-electron chi connectivity index (χ3n) is 2.69. The predicted octanol–water partition coefficient (Wildman–Crippen LogP) is 2.38. The molecule has 1 fully saturated rings. The fourth-order valence-corrected chi connectivity index (χ4v) is 1.80. The van der Waals surface area contributed by atoms with Crippen molar-refractivity contribution >= 4 is 6.08 Å². The van der Waals surface area contributed by atoms with Gasteiger partial charge in [-0.25, -0.2) is 0 Å². The molecule has 0 aliphatic carbocycles. The Bertz CT molecular complexity index is 321. The molecule has 2 nitrogen and oxygen atoms in total. The highest BCUT2D eigenvalue weighted by Crippen LogP contribution is 2.12. The molecule has 1 aromatic rings. The van der Waals surface area contributed by atoms with Crippen LogP contribution in [0.1, 0.15) is 12.5 Å². The Labute approximate surface area is 91.2 Å². The Balaban J connectivity index is 1.99. The molecular formula is C13H17NO. The molecule has 1 heterocycles. The Morgan fingerprint density at radius 1 is 1.40 bits per heavy atom. The summed E-state index contributed by atoms with van der Waals surface area (Å²) in [5.74, 6) is 0. The van der Waals surface area contributed by atoms with Crippen molar-refractivity contribution in [1.29, 1.82) is 0 Å². The van der Waals surface area contributed by atoms with Crippen molar-refractivity contribution in [3.8, 4) is 0 Å². The van der Waals surface area contributed by atoms with Crippen LogP contribution in [0.25, 0.3) is 6.08 Å². The second-order valence-corrected chi connectivity index (χ2v) is 3.66. The van der Waals surface area contributed by atoms with Crippen LogP contribution in [0.4, 0.5) is 0 Å². The van der Waals surface area contributed by atoms with Gasteiger partial charge in [-0.2, -0.15) is 0 Å². The molecule has 1 aromatic carbocycles. The minimum Gasteiger partial charge on any atom is -0.358 e. The van der Waals surface area contributed by atoms with E-state index >= 15 is 0 Å². The lowest BCUT2D eigenvalue weighted by molar-refractivity contribution is 0.0770. The number of ether oxygens (including phenoxy) is 1. The maximum Gasteiger partial charge on any atom is 0.130 e. The third kappa shape index (κ3) is 2.67. The first-order valence-electron chi connectivity index (χ1n) is 5.49. The van der Waals surface area contributed by atoms with Gasteiger partial charge in [0.15, 0.2) is 0 Å². The highest BCUT2D eigenvalue weighted by molar-refractivity contribution is 5.49. The van der Waals surface area contributed by atoms with Crippen LogP contribution in [-0.2, 0) is 4.74 Å². The SMILES string of the molecule is CCN1CCOC1/C=C/c1ccccc1. The van der Waals surface area contributed by atoms with E-state index in [0.29, 0.717) is 0 Å². The highest BCUT2D eigenvalue weighted by atomic mass is 16.5. The zero-order valence-electron chi connectivity index (χ0n) is 9.10. The first-order chi connectivity index (χ1) is 7.40. The Kier molecular flexibility index (Phi) is 3.54. The number of likely N-dealkylation sites (N-methyl/N-ethyl adjacent to an activating group) is 1. The maximum absolute atomic E-state index is 5.62. The van der Waals surface area contributed by atoms with Crippen LogP contribution in [0.5, 0.6) is 0 Å². The molecule has 1 atom stereocenters. The fraction of sp³-hybridized carbons (Fsp3) is 0.385. The minimum absolute atomic E-state index is 0.162. The molecule has 0 saturated carbocycles. The van der Waals surface area contributed by atoms with E-state index in [4.69, 9.17) is 4.74 Å². The van der Waals surface area contributed by atoms with Gasteiger partial charge < -0.3 is 4.74 Å². The number of benzene rings is 1. The van der Waals surface area contributed by atoms with Gasteiger partial charge in [-0.3, -0.25) is 4.90 Å². The van der Waals surface area contributed by atoms with Crippen LogP contribution in [-0.4, -0.2) is 30.8 Å². The first-order valence-corrected chi connectivity index (χ1v) is 5.49. The average Bonchev–Trinajstić information content (AvgIpc) is 2.75. The van der Waals surface area contributed by atoms with Crippen molar-refractivity contribution in [2.75, 3.05) is 19.7 Å². The van der Waals surface area contributed by atoms with E-state index in [1.807, 2.05) is 18.2 Å². The van der Waals surface area contributed by atoms with E-state index < -0.39 is 0 Å². The molecule has 15 heavy (non-hydrogen) atoms. The van der Waals surface area contributed by atoms with E-state index in [1.54, 1.807) is 0 Å². The van der Waals surface area contributed by atoms with Crippen molar-refractivity contribution < 1.29 is 4.74 Å². The molecule has 0 aromatic heterocycles. The molecule has 0 spiro atoms. The van der Waals surface area contributed by atoms with Crippen molar-refractivity contribution in [3.05, 3.63) is 42.0 Å². The normalized spacial score (nSPS) is 22.6. The molecular weight excluding hydrogens is 186 g/mol. The first kappa shape index (κ1) is 10.4. The van der Waals surface area contributed by atoms with Gasteiger partial charge in [0.25, 0.3) is 0 Å². The van der Waals surface area contributed by atoms with Gasteiger partial charge in [0, 0.05) is 6.54 Å². The van der Waals surface area contributed by atoms with Gasteiger partial charge in [0.1, 0.15) is 6.23 Å². The zero-order valence-corrected chi connectivity index (χ0v) is 9.10. The van der Waals surface area contributed by atoms with Crippen molar-refractivity contribution in [3.63, 3.8) is 0 Å². The third-order valence-corrected chi connectivity index (χ3v) is 2.69. The zero-order chi connectivity index (χ0) is 10.5. The molecule has 0 N–H and O–H groups in total. The average molecular weight is 203 g/mol. The van der Waals surface area contributed by atoms with Crippen LogP contribution in [0.3, 0.4) is 0 Å². The van der Waals surface area contributed by atoms with Crippen LogP contribution >= 0.6 is 0 Å². The predicted molar refractivity (Wildman–Crippen MR) is 62.5 cm³/mol. The monoisotopic (exact) mass is 203 g/mol. The Hall–Kier alpha value is -1.12. The second-order valence-electron chi connectivity index (χ2n) is 3.66. The van der Waals surface area contributed by atoms with Crippen molar-refractivity contribution in [2.45, 2.75) is 13.2 Å². The van der Waals surface area contributed by atoms with Gasteiger partial charge >= 0.3 is 0 Å². The summed E-state index contributed by atoms with van der Waals surface area (Å²) < 4.78 is 5.62. The smallest absolute Gasteiger partial charge is 0.130 e. The summed E-state index contributed by atoms with van der Waals surface area (Å²) in [5.41, 5.74) is 1.23. The van der Waals surface area contributed by atoms with Gasteiger partial charge in [0.2, 0.25) is 0 Å². The summed E-state index contributed by atoms with van der Waals surface area (Å²) in [7, 11) is 0. The van der Waals surface area contributed by atoms with E-state index in [9.17, 15) is 0 Å². The number of nitrogens with zero attached hydrogens (tertiary/aromatic N) is 1. The van der Waals surface area contributed by atoms with Gasteiger partial charge in [0.05, 0.1) is 6.61 Å². The quantitative estimate of drug-likeness (QED) is 0.748. The van der Waals surface area contributed by atoms with Crippen molar-refractivity contribution in [1.82, 2.24) is 4.90 Å². The maximum atomic E-state index is 5.62. The Morgan fingerprint density at radius 3 is 2.93 bits per heavy atom. The second kappa shape index (κ2) is 5.10. The minimum atomic E-state index is 0.162. The molecule has 0 bridgehead atoms. The molecule has 0 amide bonds. The summed E-state index contributed by atoms with van der Waals surface area (Å²) in [6.07, 6.45) is 4.42. The molecule has 2 rings (SSSR count). The molecule has 80 valence electrons. The lowest BCUT2D eigenvalue weighted by Gasteiger charge is -2.17. The summed E-state index contributed by atoms with van der Waals surface area (Å²) in [6, 6.07) is 10.3. The van der Waals surface area contributed by atoms with Crippen LogP contribution < -0.4 is 0 Å². The molecule has 0 radical (unpaired) electrons. The molecule has 1 aliphatic heterocycles. The molecule has 1 unspecified atom stereocenters. The van der Waals surface area contributed by atoms with Gasteiger partial charge in [-0.15, -0.1) is 0 Å². The van der Waals surface area contributed by atoms with Crippen LogP contribution in [0.2, 0.25) is 0 Å². The topological polar surface area (TPSA) is 12.5 Å². The Morgan fingerprint density at radius 2 is 2.20 bits per heavy atom. The summed E-state index contributed by atoms with van der Waals surface area (Å²) in [5, 5.41) is 0. The summed E-state index contributed by atoms with van der Waals surface area (Å²) in [4.78, 5) is 2.32. The van der Waals surface area contributed by atoms with Gasteiger partial charge in [-0.1, -0.05) is 43.3 Å². The fourth-order valence-electron chi connectivity index (χ4n) is 1.80. The largest absolute Gasteiger partial charge is 0.358 e.